The molecule has 0 radical (unpaired) electrons. The lowest BCUT2D eigenvalue weighted by Gasteiger charge is -2.06. The van der Waals surface area contributed by atoms with Crippen LogP contribution in [0.2, 0.25) is 0 Å². The molecular weight excluding hydrogens is 166 g/mol. The Morgan fingerprint density at radius 1 is 1.38 bits per heavy atom. The topological polar surface area (TPSA) is 38.3 Å². The smallest absolute Gasteiger partial charge is 0.219 e. The van der Waals surface area contributed by atoms with Crippen LogP contribution in [0.5, 0.6) is 0 Å². The molecule has 1 amide bonds. The van der Waals surface area contributed by atoms with Crippen LogP contribution in [0, 0.1) is 5.92 Å². The Morgan fingerprint density at radius 2 is 2.08 bits per heavy atom. The van der Waals surface area contributed by atoms with Crippen molar-refractivity contribution in [2.45, 2.75) is 33.6 Å². The first-order chi connectivity index (χ1) is 6.16. The first-order valence-electron chi connectivity index (χ1n) is 5.01. The van der Waals surface area contributed by atoms with Crippen LogP contribution in [-0.4, -0.2) is 25.7 Å². The fourth-order valence-electron chi connectivity index (χ4n) is 0.809. The summed E-state index contributed by atoms with van der Waals surface area (Å²) in [5, 5.41) is 2.76. The summed E-state index contributed by atoms with van der Waals surface area (Å²) in [5.41, 5.74) is 0. The normalized spacial score (nSPS) is 10.5. The zero-order valence-electron chi connectivity index (χ0n) is 8.93. The molecule has 0 aliphatic rings. The molecule has 3 heteroatoms. The van der Waals surface area contributed by atoms with E-state index in [0.717, 1.165) is 13.0 Å². The average molecular weight is 187 g/mol. The van der Waals surface area contributed by atoms with E-state index in [4.69, 9.17) is 4.74 Å². The van der Waals surface area contributed by atoms with Crippen molar-refractivity contribution >= 4 is 5.91 Å². The number of nitrogens with one attached hydrogen (secondary N) is 1. The highest BCUT2D eigenvalue weighted by atomic mass is 16.5. The van der Waals surface area contributed by atoms with Gasteiger partial charge < -0.3 is 10.1 Å². The van der Waals surface area contributed by atoms with E-state index in [9.17, 15) is 4.79 Å². The molecule has 0 aromatic heterocycles. The van der Waals surface area contributed by atoms with Crippen molar-refractivity contribution in [2.24, 2.45) is 5.92 Å². The van der Waals surface area contributed by atoms with Gasteiger partial charge in [0.05, 0.1) is 6.61 Å². The van der Waals surface area contributed by atoms with Crippen LogP contribution < -0.4 is 5.32 Å². The van der Waals surface area contributed by atoms with Crippen molar-refractivity contribution in [1.82, 2.24) is 5.32 Å². The van der Waals surface area contributed by atoms with E-state index < -0.39 is 0 Å². The molecule has 0 bridgehead atoms. The number of ether oxygens (including phenoxy) is 1. The predicted molar refractivity (Wildman–Crippen MR) is 53.6 cm³/mol. The highest BCUT2D eigenvalue weighted by Crippen LogP contribution is 1.98. The average Bonchev–Trinajstić information content (AvgIpc) is 2.10. The fourth-order valence-corrected chi connectivity index (χ4v) is 0.809. The molecule has 0 rings (SSSR count). The number of hydrogen-bond acceptors (Lipinski definition) is 2. The zero-order chi connectivity index (χ0) is 10.1. The van der Waals surface area contributed by atoms with E-state index in [-0.39, 0.29) is 5.91 Å². The second kappa shape index (κ2) is 8.05. The summed E-state index contributed by atoms with van der Waals surface area (Å²) < 4.78 is 5.32. The monoisotopic (exact) mass is 187 g/mol. The molecule has 0 heterocycles. The van der Waals surface area contributed by atoms with Gasteiger partial charge in [-0.05, 0) is 12.3 Å². The first-order valence-corrected chi connectivity index (χ1v) is 5.01. The van der Waals surface area contributed by atoms with Crippen LogP contribution >= 0.6 is 0 Å². The SMILES string of the molecule is CCC(=O)NCCOCCC(C)C. The van der Waals surface area contributed by atoms with Crippen molar-refractivity contribution in [3.8, 4) is 0 Å². The maximum Gasteiger partial charge on any atom is 0.219 e. The van der Waals surface area contributed by atoms with E-state index in [1.54, 1.807) is 0 Å². The van der Waals surface area contributed by atoms with Gasteiger partial charge in [0.15, 0.2) is 0 Å². The Hall–Kier alpha value is -0.570. The minimum absolute atomic E-state index is 0.0902. The first kappa shape index (κ1) is 12.4. The standard InChI is InChI=1S/C10H21NO2/c1-4-10(12)11-6-8-13-7-5-9(2)3/h9H,4-8H2,1-3H3,(H,11,12). The van der Waals surface area contributed by atoms with Crippen LogP contribution in [-0.2, 0) is 9.53 Å². The van der Waals surface area contributed by atoms with E-state index in [1.807, 2.05) is 6.92 Å². The van der Waals surface area contributed by atoms with Gasteiger partial charge in [-0.2, -0.15) is 0 Å². The van der Waals surface area contributed by atoms with Gasteiger partial charge in [0.2, 0.25) is 5.91 Å². The second-order valence-electron chi connectivity index (χ2n) is 3.50. The molecule has 0 unspecified atom stereocenters. The molecule has 0 saturated carbocycles. The lowest BCUT2D eigenvalue weighted by atomic mass is 10.1. The summed E-state index contributed by atoms with van der Waals surface area (Å²) in [7, 11) is 0. The van der Waals surface area contributed by atoms with Crippen LogP contribution in [0.15, 0.2) is 0 Å². The number of carbonyl (C=O) groups is 1. The molecule has 78 valence electrons. The van der Waals surface area contributed by atoms with Crippen LogP contribution in [0.25, 0.3) is 0 Å². The van der Waals surface area contributed by atoms with E-state index >= 15 is 0 Å². The molecule has 0 spiro atoms. The minimum atomic E-state index is 0.0902. The molecule has 13 heavy (non-hydrogen) atoms. The van der Waals surface area contributed by atoms with E-state index in [2.05, 4.69) is 19.2 Å². The lowest BCUT2D eigenvalue weighted by Crippen LogP contribution is -2.26. The van der Waals surface area contributed by atoms with Gasteiger partial charge >= 0.3 is 0 Å². The number of hydrogen-bond donors (Lipinski definition) is 1. The maximum absolute atomic E-state index is 10.8. The third-order valence-corrected chi connectivity index (χ3v) is 1.73. The summed E-state index contributed by atoms with van der Waals surface area (Å²) >= 11 is 0. The molecule has 0 aromatic carbocycles. The van der Waals surface area contributed by atoms with Gasteiger partial charge in [-0.25, -0.2) is 0 Å². The molecule has 0 aromatic rings. The lowest BCUT2D eigenvalue weighted by molar-refractivity contribution is -0.121. The van der Waals surface area contributed by atoms with Gasteiger partial charge in [-0.1, -0.05) is 20.8 Å². The third kappa shape index (κ3) is 9.34. The molecule has 0 atom stereocenters. The molecular formula is C10H21NO2. The Kier molecular flexibility index (Phi) is 7.69. The molecule has 3 nitrogen and oxygen atoms in total. The van der Waals surface area contributed by atoms with Gasteiger partial charge in [-0.15, -0.1) is 0 Å². The van der Waals surface area contributed by atoms with Gasteiger partial charge in [0, 0.05) is 19.6 Å². The molecule has 0 fully saturated rings. The number of rotatable bonds is 7. The van der Waals surface area contributed by atoms with Crippen LogP contribution in [0.3, 0.4) is 0 Å². The van der Waals surface area contributed by atoms with Crippen LogP contribution in [0.1, 0.15) is 33.6 Å². The second-order valence-corrected chi connectivity index (χ2v) is 3.50. The van der Waals surface area contributed by atoms with Crippen molar-refractivity contribution in [3.05, 3.63) is 0 Å². The molecule has 0 aliphatic carbocycles. The Bertz CT molecular complexity index is 135. The van der Waals surface area contributed by atoms with Gasteiger partial charge in [-0.3, -0.25) is 4.79 Å². The Balaban J connectivity index is 3.04. The zero-order valence-corrected chi connectivity index (χ0v) is 8.93. The van der Waals surface area contributed by atoms with Crippen molar-refractivity contribution in [3.63, 3.8) is 0 Å². The number of carbonyl (C=O) groups excluding carboxylic acids is 1. The van der Waals surface area contributed by atoms with Crippen molar-refractivity contribution in [1.29, 1.82) is 0 Å². The molecule has 1 N–H and O–H groups in total. The van der Waals surface area contributed by atoms with Crippen molar-refractivity contribution < 1.29 is 9.53 Å². The third-order valence-electron chi connectivity index (χ3n) is 1.73. The maximum atomic E-state index is 10.8. The van der Waals surface area contributed by atoms with Crippen LogP contribution in [0.4, 0.5) is 0 Å². The Morgan fingerprint density at radius 3 is 2.62 bits per heavy atom. The summed E-state index contributed by atoms with van der Waals surface area (Å²) in [5.74, 6) is 0.776. The summed E-state index contributed by atoms with van der Waals surface area (Å²) in [6.07, 6.45) is 1.63. The van der Waals surface area contributed by atoms with Gasteiger partial charge in [0.1, 0.15) is 0 Å². The van der Waals surface area contributed by atoms with E-state index in [0.29, 0.717) is 25.5 Å². The quantitative estimate of drug-likeness (QED) is 0.614. The largest absolute Gasteiger partial charge is 0.380 e. The highest BCUT2D eigenvalue weighted by molar-refractivity contribution is 5.75. The molecule has 0 aliphatic heterocycles. The molecule has 0 saturated heterocycles. The van der Waals surface area contributed by atoms with E-state index in [1.165, 1.54) is 0 Å². The van der Waals surface area contributed by atoms with Gasteiger partial charge in [0.25, 0.3) is 0 Å². The summed E-state index contributed by atoms with van der Waals surface area (Å²) in [6, 6.07) is 0. The number of amides is 1. The fraction of sp³-hybridized carbons (Fsp3) is 0.900. The Labute approximate surface area is 80.8 Å². The highest BCUT2D eigenvalue weighted by Gasteiger charge is 1.96. The minimum Gasteiger partial charge on any atom is -0.380 e. The summed E-state index contributed by atoms with van der Waals surface area (Å²) in [6.45, 7) is 8.22. The summed E-state index contributed by atoms with van der Waals surface area (Å²) in [4.78, 5) is 10.8. The van der Waals surface area contributed by atoms with Crippen molar-refractivity contribution in [2.75, 3.05) is 19.8 Å². The predicted octanol–water partition coefficient (Wildman–Crippen LogP) is 1.58.